The van der Waals surface area contributed by atoms with Crippen molar-refractivity contribution in [3.05, 3.63) is 66.1 Å². The molecule has 0 amide bonds. The Bertz CT molecular complexity index is 1150. The van der Waals surface area contributed by atoms with Crippen LogP contribution in [0.15, 0.2) is 58.5 Å². The van der Waals surface area contributed by atoms with Crippen LogP contribution in [-0.2, 0) is 6.42 Å². The van der Waals surface area contributed by atoms with Crippen LogP contribution in [-0.4, -0.2) is 29.9 Å². The molecule has 1 atom stereocenters. The Morgan fingerprint density at radius 1 is 1.06 bits per heavy atom. The minimum absolute atomic E-state index is 0.0613. The molecule has 3 aromatic heterocycles. The quantitative estimate of drug-likeness (QED) is 0.289. The number of thioether (sulfide) groups is 1. The van der Waals surface area contributed by atoms with Crippen LogP contribution in [0.1, 0.15) is 69.0 Å². The van der Waals surface area contributed by atoms with Crippen molar-refractivity contribution in [1.29, 1.82) is 0 Å². The first-order valence-corrected chi connectivity index (χ1v) is 11.9. The highest BCUT2D eigenvalue weighted by Crippen LogP contribution is 2.37. The van der Waals surface area contributed by atoms with Crippen LogP contribution in [0.4, 0.5) is 0 Å². The minimum Gasteiger partial charge on any atom is -0.338 e. The van der Waals surface area contributed by atoms with E-state index in [4.69, 9.17) is 4.52 Å². The van der Waals surface area contributed by atoms with E-state index in [0.29, 0.717) is 11.8 Å². The molecule has 0 fully saturated rings. The second-order valence-electron chi connectivity index (χ2n) is 8.01. The molecule has 1 aromatic carbocycles. The fourth-order valence-electron chi connectivity index (χ4n) is 3.50. The molecule has 0 radical (unpaired) electrons. The third kappa shape index (κ3) is 4.75. The van der Waals surface area contributed by atoms with Gasteiger partial charge in [0, 0.05) is 24.4 Å². The van der Waals surface area contributed by atoms with Crippen molar-refractivity contribution in [3.63, 3.8) is 0 Å². The number of unbranched alkanes of at least 4 members (excludes halogenated alkanes) is 1. The van der Waals surface area contributed by atoms with E-state index in [-0.39, 0.29) is 5.25 Å². The molecule has 0 saturated heterocycles. The largest absolute Gasteiger partial charge is 0.338 e. The molecule has 0 aliphatic heterocycles. The maximum absolute atomic E-state index is 5.55. The van der Waals surface area contributed by atoms with Crippen molar-refractivity contribution in [2.24, 2.45) is 0 Å². The van der Waals surface area contributed by atoms with E-state index in [1.807, 2.05) is 24.4 Å². The van der Waals surface area contributed by atoms with Crippen LogP contribution in [0, 0.1) is 0 Å². The van der Waals surface area contributed by atoms with Gasteiger partial charge in [0.05, 0.1) is 10.9 Å². The van der Waals surface area contributed by atoms with E-state index in [0.717, 1.165) is 47.3 Å². The van der Waals surface area contributed by atoms with Crippen molar-refractivity contribution < 1.29 is 4.52 Å². The summed E-state index contributed by atoms with van der Waals surface area (Å²) in [5.41, 5.74) is 3.21. The molecule has 4 aromatic rings. The third-order valence-electron chi connectivity index (χ3n) is 5.22. The van der Waals surface area contributed by atoms with Crippen LogP contribution in [0.5, 0.6) is 0 Å². The lowest BCUT2D eigenvalue weighted by molar-refractivity contribution is 0.374. The van der Waals surface area contributed by atoms with Gasteiger partial charge in [-0.15, -0.1) is 10.2 Å². The Balaban J connectivity index is 1.73. The van der Waals surface area contributed by atoms with Gasteiger partial charge in [-0.3, -0.25) is 9.55 Å². The van der Waals surface area contributed by atoms with E-state index in [1.165, 1.54) is 5.56 Å². The number of hydrogen-bond acceptors (Lipinski definition) is 7. The SMILES string of the molecule is CCCCc1noc(C(C)Sc2nnc(-c3cccnc3)n2-c2ccccc2C(C)C)n1. The van der Waals surface area contributed by atoms with Gasteiger partial charge >= 0.3 is 0 Å². The van der Waals surface area contributed by atoms with Gasteiger partial charge in [-0.05, 0) is 43.0 Å². The van der Waals surface area contributed by atoms with Crippen LogP contribution < -0.4 is 0 Å². The summed E-state index contributed by atoms with van der Waals surface area (Å²) in [5, 5.41) is 13.9. The second-order valence-corrected chi connectivity index (χ2v) is 9.32. The highest BCUT2D eigenvalue weighted by Gasteiger charge is 2.24. The Morgan fingerprint density at radius 2 is 1.91 bits per heavy atom. The second kappa shape index (κ2) is 10.1. The van der Waals surface area contributed by atoms with Gasteiger partial charge in [-0.25, -0.2) is 0 Å². The highest BCUT2D eigenvalue weighted by atomic mass is 32.2. The lowest BCUT2D eigenvalue weighted by atomic mass is 10.0. The summed E-state index contributed by atoms with van der Waals surface area (Å²) in [7, 11) is 0. The van der Waals surface area contributed by atoms with Gasteiger partial charge in [0.1, 0.15) is 0 Å². The average Bonchev–Trinajstić information content (AvgIpc) is 3.45. The van der Waals surface area contributed by atoms with Gasteiger partial charge < -0.3 is 4.52 Å². The third-order valence-corrected chi connectivity index (χ3v) is 6.25. The lowest BCUT2D eigenvalue weighted by Crippen LogP contribution is -2.05. The van der Waals surface area contributed by atoms with Crippen LogP contribution >= 0.6 is 11.8 Å². The van der Waals surface area contributed by atoms with Crippen molar-refractivity contribution in [2.75, 3.05) is 0 Å². The highest BCUT2D eigenvalue weighted by molar-refractivity contribution is 7.99. The number of pyridine rings is 1. The van der Waals surface area contributed by atoms with E-state index in [2.05, 4.69) is 75.8 Å². The Labute approximate surface area is 192 Å². The number of aryl methyl sites for hydroxylation is 1. The predicted molar refractivity (Wildman–Crippen MR) is 126 cm³/mol. The summed E-state index contributed by atoms with van der Waals surface area (Å²) in [6.07, 6.45) is 6.56. The zero-order valence-corrected chi connectivity index (χ0v) is 19.7. The summed E-state index contributed by atoms with van der Waals surface area (Å²) in [6, 6.07) is 12.3. The summed E-state index contributed by atoms with van der Waals surface area (Å²) in [4.78, 5) is 8.87. The first-order valence-electron chi connectivity index (χ1n) is 11.0. The molecule has 0 N–H and O–H groups in total. The van der Waals surface area contributed by atoms with E-state index in [9.17, 15) is 0 Å². The van der Waals surface area contributed by atoms with Gasteiger partial charge in [-0.2, -0.15) is 4.98 Å². The number of aromatic nitrogens is 6. The normalized spacial score (nSPS) is 12.4. The molecule has 32 heavy (non-hydrogen) atoms. The fourth-order valence-corrected chi connectivity index (χ4v) is 4.39. The van der Waals surface area contributed by atoms with Crippen LogP contribution in [0.3, 0.4) is 0 Å². The Kier molecular flexibility index (Phi) is 6.99. The summed E-state index contributed by atoms with van der Waals surface area (Å²) < 4.78 is 7.66. The summed E-state index contributed by atoms with van der Waals surface area (Å²) in [5.74, 6) is 2.48. The van der Waals surface area contributed by atoms with Crippen LogP contribution in [0.2, 0.25) is 0 Å². The lowest BCUT2D eigenvalue weighted by Gasteiger charge is -2.17. The smallest absolute Gasteiger partial charge is 0.239 e. The average molecular weight is 449 g/mol. The minimum atomic E-state index is -0.0613. The standard InChI is InChI=1S/C24H28N6OS/c1-5-6-13-21-26-23(31-29-21)17(4)32-24-28-27-22(18-10-9-14-25-15-18)30(24)20-12-8-7-11-19(20)16(2)3/h7-12,14-17H,5-6,13H2,1-4H3. The molecule has 0 bridgehead atoms. The molecule has 7 nitrogen and oxygen atoms in total. The maximum atomic E-state index is 5.55. The molecule has 0 spiro atoms. The zero-order chi connectivity index (χ0) is 22.5. The van der Waals surface area contributed by atoms with Gasteiger partial charge in [-0.1, -0.05) is 62.3 Å². The molecule has 4 rings (SSSR count). The number of hydrogen-bond donors (Lipinski definition) is 0. The van der Waals surface area contributed by atoms with Crippen molar-refractivity contribution in [1.82, 2.24) is 29.9 Å². The number of nitrogens with zero attached hydrogens (tertiary/aromatic N) is 6. The Hall–Kier alpha value is -3.00. The summed E-state index contributed by atoms with van der Waals surface area (Å²) >= 11 is 1.56. The molecular weight excluding hydrogens is 420 g/mol. The van der Waals surface area contributed by atoms with E-state index in [1.54, 1.807) is 18.0 Å². The monoisotopic (exact) mass is 448 g/mol. The number of benzene rings is 1. The van der Waals surface area contributed by atoms with Gasteiger partial charge in [0.2, 0.25) is 5.89 Å². The van der Waals surface area contributed by atoms with Crippen molar-refractivity contribution in [2.45, 2.75) is 63.3 Å². The molecule has 1 unspecified atom stereocenters. The molecule has 0 aliphatic rings. The predicted octanol–water partition coefficient (Wildman–Crippen LogP) is 6.03. The van der Waals surface area contributed by atoms with E-state index < -0.39 is 0 Å². The molecule has 0 saturated carbocycles. The number of para-hydroxylation sites is 1. The zero-order valence-electron chi connectivity index (χ0n) is 18.9. The number of rotatable bonds is 9. The molecule has 8 heteroatoms. The van der Waals surface area contributed by atoms with Crippen molar-refractivity contribution >= 4 is 11.8 Å². The summed E-state index contributed by atoms with van der Waals surface area (Å²) in [6.45, 7) is 8.59. The Morgan fingerprint density at radius 3 is 2.66 bits per heavy atom. The first kappa shape index (κ1) is 22.2. The molecule has 3 heterocycles. The first-order chi connectivity index (χ1) is 15.6. The fraction of sp³-hybridized carbons (Fsp3) is 0.375. The van der Waals surface area contributed by atoms with Crippen molar-refractivity contribution in [3.8, 4) is 17.1 Å². The van der Waals surface area contributed by atoms with Gasteiger partial charge in [0.25, 0.3) is 0 Å². The van der Waals surface area contributed by atoms with Crippen LogP contribution in [0.25, 0.3) is 17.1 Å². The molecule has 166 valence electrons. The van der Waals surface area contributed by atoms with Gasteiger partial charge in [0.15, 0.2) is 16.8 Å². The van der Waals surface area contributed by atoms with E-state index >= 15 is 0 Å². The molecule has 0 aliphatic carbocycles. The molecular formula is C24H28N6OS. The maximum Gasteiger partial charge on any atom is 0.239 e. The topological polar surface area (TPSA) is 82.5 Å².